The standard InChI is InChI=1S/C24H24F2N3O2.Pt/c1-23(2,3)13-14-11-17(15-9-10-20(25)29-21(15)26)28-19(12-14)24(4,5)18-8-6-7-16(27-18)22(30)31;/h6-8,10-12H,13H2,1-5H3,(H,30,31);/q-1;. The van der Waals surface area contributed by atoms with Crippen molar-refractivity contribution in [2.24, 2.45) is 5.41 Å². The van der Waals surface area contributed by atoms with Gasteiger partial charge in [0.25, 0.3) is 0 Å². The second-order valence-corrected chi connectivity index (χ2v) is 9.21. The Morgan fingerprint density at radius 1 is 1.03 bits per heavy atom. The quantitative estimate of drug-likeness (QED) is 0.313. The van der Waals surface area contributed by atoms with Crippen LogP contribution in [0.5, 0.6) is 0 Å². The Morgan fingerprint density at radius 3 is 2.31 bits per heavy atom. The topological polar surface area (TPSA) is 76.0 Å². The van der Waals surface area contributed by atoms with Gasteiger partial charge in [-0.3, -0.25) is 4.98 Å². The SMILES string of the molecule is CC(C)(C)Cc1cc(-c2[c-]cc(F)nc2F)nc(C(C)(C)c2cccc(C(=O)O)n2)c1.[Pt]. The molecule has 0 aromatic carbocycles. The number of rotatable bonds is 5. The van der Waals surface area contributed by atoms with Gasteiger partial charge in [-0.2, -0.15) is 0 Å². The molecule has 0 fully saturated rings. The molecule has 0 bridgehead atoms. The van der Waals surface area contributed by atoms with Crippen LogP contribution in [0, 0.1) is 23.4 Å². The number of carboxylic acid groups (broad SMARTS) is 1. The largest absolute Gasteiger partial charge is 0.477 e. The van der Waals surface area contributed by atoms with Gasteiger partial charge in [-0.1, -0.05) is 50.1 Å². The molecule has 0 unspecified atom stereocenters. The molecule has 3 heterocycles. The molecule has 172 valence electrons. The fourth-order valence-corrected chi connectivity index (χ4v) is 3.34. The number of carboxylic acids is 1. The molecule has 32 heavy (non-hydrogen) atoms. The summed E-state index contributed by atoms with van der Waals surface area (Å²) in [4.78, 5) is 23.5. The number of aromatic nitrogens is 3. The van der Waals surface area contributed by atoms with E-state index in [0.717, 1.165) is 11.6 Å². The van der Waals surface area contributed by atoms with Crippen LogP contribution in [0.2, 0.25) is 0 Å². The Bertz CT molecular complexity index is 1140. The zero-order chi connectivity index (χ0) is 23.0. The fourth-order valence-electron chi connectivity index (χ4n) is 3.34. The van der Waals surface area contributed by atoms with Crippen LogP contribution >= 0.6 is 0 Å². The van der Waals surface area contributed by atoms with Crippen molar-refractivity contribution in [1.82, 2.24) is 15.0 Å². The van der Waals surface area contributed by atoms with Crippen molar-refractivity contribution in [3.63, 3.8) is 0 Å². The number of hydrogen-bond acceptors (Lipinski definition) is 4. The molecule has 1 N–H and O–H groups in total. The van der Waals surface area contributed by atoms with Gasteiger partial charge in [0.1, 0.15) is 17.6 Å². The van der Waals surface area contributed by atoms with E-state index >= 15 is 0 Å². The van der Waals surface area contributed by atoms with Crippen molar-refractivity contribution in [3.05, 3.63) is 77.0 Å². The molecule has 0 amide bonds. The van der Waals surface area contributed by atoms with Gasteiger partial charge in [0.15, 0.2) is 0 Å². The summed E-state index contributed by atoms with van der Waals surface area (Å²) >= 11 is 0. The minimum atomic E-state index is -1.12. The number of nitrogens with zero attached hydrogens (tertiary/aromatic N) is 3. The molecule has 0 atom stereocenters. The van der Waals surface area contributed by atoms with Gasteiger partial charge in [0.2, 0.25) is 0 Å². The molecule has 0 radical (unpaired) electrons. The molecule has 5 nitrogen and oxygen atoms in total. The van der Waals surface area contributed by atoms with Gasteiger partial charge in [0.05, 0.1) is 5.69 Å². The number of carbonyl (C=O) groups is 1. The summed E-state index contributed by atoms with van der Waals surface area (Å²) in [5.74, 6) is -3.07. The maximum absolute atomic E-state index is 14.4. The first kappa shape index (κ1) is 25.7. The first-order valence-electron chi connectivity index (χ1n) is 9.83. The number of halogens is 2. The predicted molar refractivity (Wildman–Crippen MR) is 113 cm³/mol. The van der Waals surface area contributed by atoms with Crippen LogP contribution in [0.1, 0.15) is 62.1 Å². The normalized spacial score (nSPS) is 11.7. The fraction of sp³-hybridized carbons (Fsp3) is 0.333. The summed E-state index contributed by atoms with van der Waals surface area (Å²) in [6.45, 7) is 10.00. The molecule has 8 heteroatoms. The van der Waals surface area contributed by atoms with E-state index in [0.29, 0.717) is 17.8 Å². The summed E-state index contributed by atoms with van der Waals surface area (Å²) in [6.07, 6.45) is 0.685. The second-order valence-electron chi connectivity index (χ2n) is 9.21. The van der Waals surface area contributed by atoms with Crippen LogP contribution < -0.4 is 0 Å². The van der Waals surface area contributed by atoms with Gasteiger partial charge in [-0.15, -0.1) is 6.07 Å². The van der Waals surface area contributed by atoms with Crippen molar-refractivity contribution >= 4 is 5.97 Å². The van der Waals surface area contributed by atoms with Crippen LogP contribution in [0.15, 0.2) is 36.4 Å². The van der Waals surface area contributed by atoms with Crippen molar-refractivity contribution in [3.8, 4) is 11.3 Å². The van der Waals surface area contributed by atoms with Gasteiger partial charge in [-0.25, -0.2) is 18.6 Å². The van der Waals surface area contributed by atoms with E-state index in [9.17, 15) is 18.7 Å². The second kappa shape index (κ2) is 9.53. The minimum absolute atomic E-state index is 0. The first-order valence-corrected chi connectivity index (χ1v) is 9.83. The van der Waals surface area contributed by atoms with Gasteiger partial charge in [0, 0.05) is 32.2 Å². The van der Waals surface area contributed by atoms with Crippen molar-refractivity contribution in [2.45, 2.75) is 46.5 Å². The van der Waals surface area contributed by atoms with E-state index in [4.69, 9.17) is 0 Å². The molecule has 3 aromatic heterocycles. The van der Waals surface area contributed by atoms with Gasteiger partial charge < -0.3 is 10.1 Å². The van der Waals surface area contributed by atoms with E-state index in [1.807, 2.05) is 19.9 Å². The third-order valence-electron chi connectivity index (χ3n) is 4.87. The van der Waals surface area contributed by atoms with Crippen molar-refractivity contribution < 1.29 is 39.7 Å². The maximum Gasteiger partial charge on any atom is 0.354 e. The summed E-state index contributed by atoms with van der Waals surface area (Å²) in [5.41, 5.74) is 1.36. The number of hydrogen-bond donors (Lipinski definition) is 1. The van der Waals surface area contributed by atoms with Crippen LogP contribution in [0.4, 0.5) is 8.78 Å². The molecular formula is C24H24F2N3O2Pt-. The average molecular weight is 620 g/mol. The van der Waals surface area contributed by atoms with Gasteiger partial charge in [-0.05, 0) is 49.6 Å². The molecule has 0 saturated carbocycles. The van der Waals surface area contributed by atoms with Crippen LogP contribution in [-0.4, -0.2) is 26.0 Å². The molecule has 0 aliphatic heterocycles. The van der Waals surface area contributed by atoms with E-state index in [1.165, 1.54) is 6.07 Å². The summed E-state index contributed by atoms with van der Waals surface area (Å²) < 4.78 is 27.7. The molecule has 0 aliphatic rings. The summed E-state index contributed by atoms with van der Waals surface area (Å²) in [6, 6.07) is 12.0. The Kier molecular flexibility index (Phi) is 7.66. The molecule has 0 spiro atoms. The monoisotopic (exact) mass is 619 g/mol. The maximum atomic E-state index is 14.4. The third-order valence-corrected chi connectivity index (χ3v) is 4.87. The minimum Gasteiger partial charge on any atom is -0.477 e. The number of aromatic carboxylic acids is 1. The van der Waals surface area contributed by atoms with Crippen molar-refractivity contribution in [1.29, 1.82) is 0 Å². The van der Waals surface area contributed by atoms with Crippen LogP contribution in [0.3, 0.4) is 0 Å². The molecule has 3 aromatic rings. The summed E-state index contributed by atoms with van der Waals surface area (Å²) in [5, 5.41) is 9.30. The smallest absolute Gasteiger partial charge is 0.354 e. The molecule has 3 rings (SSSR count). The number of pyridine rings is 3. The van der Waals surface area contributed by atoms with Crippen LogP contribution in [0.25, 0.3) is 11.3 Å². The Hall–Kier alpha value is -2.53. The van der Waals surface area contributed by atoms with E-state index in [2.05, 4.69) is 41.8 Å². The average Bonchev–Trinajstić information content (AvgIpc) is 2.66. The van der Waals surface area contributed by atoms with E-state index < -0.39 is 23.3 Å². The third kappa shape index (κ3) is 5.83. The Balaban J connectivity index is 0.00000363. The molecule has 0 saturated heterocycles. The summed E-state index contributed by atoms with van der Waals surface area (Å²) in [7, 11) is 0. The van der Waals surface area contributed by atoms with Gasteiger partial charge >= 0.3 is 5.97 Å². The predicted octanol–water partition coefficient (Wildman–Crippen LogP) is 5.23. The zero-order valence-electron chi connectivity index (χ0n) is 18.4. The molecular weight excluding hydrogens is 595 g/mol. The van der Waals surface area contributed by atoms with E-state index in [-0.39, 0.29) is 43.4 Å². The molecule has 0 aliphatic carbocycles. The first-order chi connectivity index (χ1) is 14.4. The van der Waals surface area contributed by atoms with Crippen molar-refractivity contribution in [2.75, 3.05) is 0 Å². The van der Waals surface area contributed by atoms with E-state index in [1.54, 1.807) is 18.2 Å². The zero-order valence-corrected chi connectivity index (χ0v) is 20.7. The Morgan fingerprint density at radius 2 is 1.72 bits per heavy atom. The Labute approximate surface area is 200 Å². The van der Waals surface area contributed by atoms with Crippen LogP contribution in [-0.2, 0) is 32.9 Å².